The molecular formula is C10H14FN3OS. The van der Waals surface area contributed by atoms with Gasteiger partial charge < -0.3 is 16.4 Å². The quantitative estimate of drug-likeness (QED) is 0.429. The normalized spacial score (nSPS) is 9.88. The van der Waals surface area contributed by atoms with Crippen molar-refractivity contribution in [3.05, 3.63) is 24.0 Å². The second kappa shape index (κ2) is 6.22. The van der Waals surface area contributed by atoms with Gasteiger partial charge >= 0.3 is 6.03 Å². The molecule has 1 aromatic carbocycles. The van der Waals surface area contributed by atoms with Crippen LogP contribution in [0.5, 0.6) is 0 Å². The van der Waals surface area contributed by atoms with Gasteiger partial charge in [0, 0.05) is 17.1 Å². The molecule has 0 spiro atoms. The molecule has 0 aliphatic rings. The highest BCUT2D eigenvalue weighted by Crippen LogP contribution is 2.24. The average Bonchev–Trinajstić information content (AvgIpc) is 2.23. The van der Waals surface area contributed by atoms with Gasteiger partial charge in [-0.2, -0.15) is 0 Å². The predicted molar refractivity (Wildman–Crippen MR) is 63.7 cm³/mol. The first-order valence-corrected chi connectivity index (χ1v) is 5.81. The van der Waals surface area contributed by atoms with Crippen molar-refractivity contribution in [2.75, 3.05) is 18.2 Å². The third-order valence-corrected chi connectivity index (χ3v) is 2.73. The van der Waals surface area contributed by atoms with E-state index in [2.05, 4.69) is 10.6 Å². The van der Waals surface area contributed by atoms with E-state index in [-0.39, 0.29) is 11.8 Å². The molecule has 1 rings (SSSR count). The van der Waals surface area contributed by atoms with Crippen molar-refractivity contribution in [1.82, 2.24) is 10.6 Å². The fourth-order valence-corrected chi connectivity index (χ4v) is 1.83. The lowest BCUT2D eigenvalue weighted by Gasteiger charge is -2.07. The van der Waals surface area contributed by atoms with E-state index >= 15 is 0 Å². The molecule has 0 unspecified atom stereocenters. The molecule has 4 nitrogen and oxygen atoms in total. The summed E-state index contributed by atoms with van der Waals surface area (Å²) in [4.78, 5) is 11.7. The van der Waals surface area contributed by atoms with Gasteiger partial charge in [-0.25, -0.2) is 9.18 Å². The van der Waals surface area contributed by atoms with Crippen molar-refractivity contribution in [3.8, 4) is 0 Å². The molecule has 0 aliphatic heterocycles. The van der Waals surface area contributed by atoms with Crippen LogP contribution in [0.25, 0.3) is 0 Å². The highest BCUT2D eigenvalue weighted by molar-refractivity contribution is 7.99. The highest BCUT2D eigenvalue weighted by atomic mass is 32.2. The van der Waals surface area contributed by atoms with Gasteiger partial charge in [0.15, 0.2) is 0 Å². The van der Waals surface area contributed by atoms with E-state index in [9.17, 15) is 9.18 Å². The second-order valence-corrected chi connectivity index (χ2v) is 4.02. The minimum Gasteiger partial charge on any atom is -0.398 e. The predicted octanol–water partition coefficient (Wildman–Crippen LogP) is 1.78. The van der Waals surface area contributed by atoms with Gasteiger partial charge in [-0.05, 0) is 25.1 Å². The van der Waals surface area contributed by atoms with Crippen LogP contribution < -0.4 is 16.4 Å². The number of amides is 2. The van der Waals surface area contributed by atoms with Crippen molar-refractivity contribution in [1.29, 1.82) is 0 Å². The smallest absolute Gasteiger partial charge is 0.315 e. The zero-order chi connectivity index (χ0) is 12.0. The first kappa shape index (κ1) is 12.6. The van der Waals surface area contributed by atoms with Gasteiger partial charge in [0.1, 0.15) is 5.82 Å². The molecule has 0 aliphatic carbocycles. The lowest BCUT2D eigenvalue weighted by Crippen LogP contribution is -2.34. The molecule has 0 saturated carbocycles. The maximum Gasteiger partial charge on any atom is 0.315 e. The second-order valence-electron chi connectivity index (χ2n) is 3.01. The number of carbonyl (C=O) groups is 1. The van der Waals surface area contributed by atoms with Crippen molar-refractivity contribution in [2.24, 2.45) is 0 Å². The number of nitrogens with one attached hydrogen (secondary N) is 2. The van der Waals surface area contributed by atoms with Crippen molar-refractivity contribution >= 4 is 23.5 Å². The van der Waals surface area contributed by atoms with Gasteiger partial charge in [-0.1, -0.05) is 0 Å². The molecule has 6 heteroatoms. The maximum absolute atomic E-state index is 12.9. The molecule has 1 aromatic rings. The lowest BCUT2D eigenvalue weighted by atomic mass is 10.3. The summed E-state index contributed by atoms with van der Waals surface area (Å²) >= 11 is 1.28. The van der Waals surface area contributed by atoms with E-state index in [1.165, 1.54) is 30.0 Å². The Labute approximate surface area is 97.8 Å². The van der Waals surface area contributed by atoms with E-state index in [0.717, 1.165) is 0 Å². The number of halogens is 1. The van der Waals surface area contributed by atoms with E-state index in [1.54, 1.807) is 0 Å². The van der Waals surface area contributed by atoms with E-state index in [1.807, 2.05) is 6.92 Å². The molecule has 0 atom stereocenters. The van der Waals surface area contributed by atoms with Crippen LogP contribution in [0.15, 0.2) is 23.1 Å². The van der Waals surface area contributed by atoms with Crippen molar-refractivity contribution < 1.29 is 9.18 Å². The van der Waals surface area contributed by atoms with E-state index < -0.39 is 0 Å². The summed E-state index contributed by atoms with van der Waals surface area (Å²) in [6.45, 7) is 2.40. The Morgan fingerprint density at radius 1 is 1.50 bits per heavy atom. The molecule has 0 radical (unpaired) electrons. The van der Waals surface area contributed by atoms with Crippen LogP contribution in [0.3, 0.4) is 0 Å². The van der Waals surface area contributed by atoms with Crippen LogP contribution in [0.2, 0.25) is 0 Å². The van der Waals surface area contributed by atoms with Crippen molar-refractivity contribution in [2.45, 2.75) is 11.8 Å². The van der Waals surface area contributed by atoms with Crippen molar-refractivity contribution in [3.63, 3.8) is 0 Å². The number of anilines is 1. The fourth-order valence-electron chi connectivity index (χ4n) is 1.04. The third kappa shape index (κ3) is 3.98. The number of hydrogen-bond donors (Lipinski definition) is 3. The SMILES string of the molecule is CCNC(=O)NCSc1cc(F)ccc1N. The molecule has 88 valence electrons. The molecule has 0 bridgehead atoms. The molecule has 0 aromatic heterocycles. The summed E-state index contributed by atoms with van der Waals surface area (Å²) in [5.74, 6) is 0.00848. The van der Waals surface area contributed by atoms with Gasteiger partial charge in [-0.15, -0.1) is 11.8 Å². The monoisotopic (exact) mass is 243 g/mol. The minimum atomic E-state index is -0.338. The third-order valence-electron chi connectivity index (χ3n) is 1.77. The van der Waals surface area contributed by atoms with Gasteiger partial charge in [0.05, 0.1) is 5.88 Å². The number of benzene rings is 1. The maximum atomic E-state index is 12.9. The largest absolute Gasteiger partial charge is 0.398 e. The summed E-state index contributed by atoms with van der Waals surface area (Å²) in [6, 6.07) is 3.91. The number of nitrogen functional groups attached to an aromatic ring is 1. The summed E-state index contributed by atoms with van der Waals surface area (Å²) in [6.07, 6.45) is 0. The van der Waals surface area contributed by atoms with Gasteiger partial charge in [-0.3, -0.25) is 0 Å². The van der Waals surface area contributed by atoms with Crippen LogP contribution in [-0.2, 0) is 0 Å². The topological polar surface area (TPSA) is 67.2 Å². The average molecular weight is 243 g/mol. The van der Waals surface area contributed by atoms with Crippen LogP contribution in [0.1, 0.15) is 6.92 Å². The van der Waals surface area contributed by atoms with Crippen LogP contribution in [-0.4, -0.2) is 18.5 Å². The number of thioether (sulfide) groups is 1. The standard InChI is InChI=1S/C10H14FN3OS/c1-2-13-10(15)14-6-16-9-5-7(11)3-4-8(9)12/h3-5H,2,6,12H2,1H3,(H2,13,14,15). The molecule has 0 fully saturated rings. The Kier molecular flexibility index (Phi) is 4.91. The highest BCUT2D eigenvalue weighted by Gasteiger charge is 2.03. The zero-order valence-electron chi connectivity index (χ0n) is 8.92. The molecule has 0 saturated heterocycles. The van der Waals surface area contributed by atoms with Crippen LogP contribution in [0.4, 0.5) is 14.9 Å². The Morgan fingerprint density at radius 3 is 2.94 bits per heavy atom. The number of urea groups is 1. The molecule has 2 amide bonds. The van der Waals surface area contributed by atoms with E-state index in [0.29, 0.717) is 23.0 Å². The first-order chi connectivity index (χ1) is 7.63. The van der Waals surface area contributed by atoms with Gasteiger partial charge in [0.2, 0.25) is 0 Å². The Balaban J connectivity index is 2.42. The zero-order valence-corrected chi connectivity index (χ0v) is 9.73. The number of rotatable bonds is 4. The Hall–Kier alpha value is -1.43. The number of nitrogens with two attached hydrogens (primary N) is 1. The Morgan fingerprint density at radius 2 is 2.25 bits per heavy atom. The molecular weight excluding hydrogens is 229 g/mol. The summed E-state index contributed by atoms with van der Waals surface area (Å²) in [5.41, 5.74) is 6.15. The first-order valence-electron chi connectivity index (χ1n) is 4.83. The number of hydrogen-bond acceptors (Lipinski definition) is 3. The molecule has 0 heterocycles. The fraction of sp³-hybridized carbons (Fsp3) is 0.300. The summed E-state index contributed by atoms with van der Waals surface area (Å²) in [7, 11) is 0. The summed E-state index contributed by atoms with van der Waals surface area (Å²) in [5, 5.41) is 5.20. The Bertz CT molecular complexity index is 373. The summed E-state index contributed by atoms with van der Waals surface area (Å²) < 4.78 is 12.9. The van der Waals surface area contributed by atoms with Crippen LogP contribution in [0, 0.1) is 5.82 Å². The number of carbonyl (C=O) groups excluding carboxylic acids is 1. The molecule has 16 heavy (non-hydrogen) atoms. The van der Waals surface area contributed by atoms with E-state index in [4.69, 9.17) is 5.73 Å². The lowest BCUT2D eigenvalue weighted by molar-refractivity contribution is 0.243. The molecule has 4 N–H and O–H groups in total. The van der Waals surface area contributed by atoms with Gasteiger partial charge in [0.25, 0.3) is 0 Å². The minimum absolute atomic E-state index is 0.245. The van der Waals surface area contributed by atoms with Crippen LogP contribution >= 0.6 is 11.8 Å².